The number of pyridine rings is 1. The van der Waals surface area contributed by atoms with Gasteiger partial charge in [0, 0.05) is 63.2 Å². The van der Waals surface area contributed by atoms with E-state index >= 15 is 0 Å². The molecule has 2 aromatic heterocycles. The number of nitrogens with zero attached hydrogens (tertiary/aromatic N) is 7. The number of rotatable bonds is 13. The van der Waals surface area contributed by atoms with Crippen molar-refractivity contribution in [3.63, 3.8) is 0 Å². The SMILES string of the molecule is CC/C=C(\N=C[C@@H](Cc1c(C#N)cnn1CC)OCC(C)=O)N1CC2CC(C1)N2Cc1ccc(OC)nc1. The molecule has 3 aliphatic heterocycles. The van der Waals surface area contributed by atoms with Crippen LogP contribution in [0.15, 0.2) is 41.4 Å². The molecule has 3 aliphatic rings. The Kier molecular flexibility index (Phi) is 9.26. The number of piperazine rings is 1. The lowest BCUT2D eigenvalue weighted by Gasteiger charge is -2.57. The van der Waals surface area contributed by atoms with Crippen molar-refractivity contribution in [1.29, 1.82) is 5.26 Å². The molecule has 3 fully saturated rings. The summed E-state index contributed by atoms with van der Waals surface area (Å²) in [6.45, 7) is 8.92. The molecule has 0 radical (unpaired) electrons. The lowest BCUT2D eigenvalue weighted by Crippen LogP contribution is -2.67. The second-order valence-corrected chi connectivity index (χ2v) is 9.77. The maximum absolute atomic E-state index is 11.6. The van der Waals surface area contributed by atoms with E-state index in [0.29, 0.717) is 36.5 Å². The fourth-order valence-electron chi connectivity index (χ4n) is 5.14. The summed E-state index contributed by atoms with van der Waals surface area (Å²) in [5.41, 5.74) is 2.49. The van der Waals surface area contributed by atoms with Crippen molar-refractivity contribution in [2.45, 2.75) is 71.3 Å². The zero-order valence-electron chi connectivity index (χ0n) is 22.7. The quantitative estimate of drug-likeness (QED) is 0.372. The molecule has 5 heterocycles. The zero-order valence-corrected chi connectivity index (χ0v) is 22.7. The maximum atomic E-state index is 11.6. The summed E-state index contributed by atoms with van der Waals surface area (Å²) in [6.07, 6.45) is 9.39. The number of piperidine rings is 1. The van der Waals surface area contributed by atoms with Gasteiger partial charge in [-0.3, -0.25) is 14.4 Å². The molecule has 2 unspecified atom stereocenters. The molecule has 3 atom stereocenters. The average Bonchev–Trinajstić information content (AvgIpc) is 3.34. The highest BCUT2D eigenvalue weighted by molar-refractivity contribution is 5.77. The summed E-state index contributed by atoms with van der Waals surface area (Å²) in [5, 5.41) is 13.8. The summed E-state index contributed by atoms with van der Waals surface area (Å²) < 4.78 is 12.9. The van der Waals surface area contributed by atoms with E-state index in [9.17, 15) is 10.1 Å². The lowest BCUT2D eigenvalue weighted by molar-refractivity contribution is -0.122. The topological polar surface area (TPSA) is 109 Å². The molecular weight excluding hydrogens is 482 g/mol. The number of ether oxygens (including phenoxy) is 2. The van der Waals surface area contributed by atoms with Gasteiger partial charge >= 0.3 is 0 Å². The van der Waals surface area contributed by atoms with E-state index in [2.05, 4.69) is 45.0 Å². The van der Waals surface area contributed by atoms with Crippen LogP contribution in [0.25, 0.3) is 0 Å². The van der Waals surface area contributed by atoms with Crippen molar-refractivity contribution < 1.29 is 14.3 Å². The molecular formula is C28H37N7O3. The van der Waals surface area contributed by atoms with Crippen LogP contribution in [0.1, 0.15) is 50.4 Å². The molecule has 202 valence electrons. The average molecular weight is 520 g/mol. The van der Waals surface area contributed by atoms with Crippen molar-refractivity contribution in [3.8, 4) is 11.9 Å². The third kappa shape index (κ3) is 6.47. The molecule has 3 saturated heterocycles. The van der Waals surface area contributed by atoms with Crippen molar-refractivity contribution in [2.24, 2.45) is 4.99 Å². The standard InChI is InChI=1S/C28H37N7O3/c1-5-7-27(30-15-25(38-19-20(3)36)11-26-22(12-29)14-32-35(26)6-2)33-17-23-10-24(18-33)34(23)16-21-8-9-28(37-4)31-13-21/h7-9,13-15,23-25H,5-6,10-11,16-19H2,1-4H3/b27-7+,30-15?/t23?,24?,25-/m1/s1. The van der Waals surface area contributed by atoms with Gasteiger partial charge in [-0.15, -0.1) is 0 Å². The second kappa shape index (κ2) is 12.8. The number of carbonyl (C=O) groups is 1. The Balaban J connectivity index is 1.43. The predicted octanol–water partition coefficient (Wildman–Crippen LogP) is 2.98. The Morgan fingerprint density at radius 3 is 2.68 bits per heavy atom. The first-order valence-corrected chi connectivity index (χ1v) is 13.2. The number of Topliss-reactive ketones (excluding diaryl/α,β-unsaturated/α-hetero) is 1. The third-order valence-electron chi connectivity index (χ3n) is 7.06. The highest BCUT2D eigenvalue weighted by atomic mass is 16.5. The van der Waals surface area contributed by atoms with E-state index in [0.717, 1.165) is 37.6 Å². The van der Waals surface area contributed by atoms with E-state index in [1.807, 2.05) is 19.2 Å². The van der Waals surface area contributed by atoms with Gasteiger partial charge in [0.2, 0.25) is 5.88 Å². The fraction of sp³-hybridized carbons (Fsp3) is 0.536. The van der Waals surface area contributed by atoms with Crippen LogP contribution in [0.5, 0.6) is 5.88 Å². The summed E-state index contributed by atoms with van der Waals surface area (Å²) in [5.74, 6) is 1.50. The van der Waals surface area contributed by atoms with Gasteiger partial charge in [-0.1, -0.05) is 13.0 Å². The van der Waals surface area contributed by atoms with Gasteiger partial charge < -0.3 is 14.4 Å². The minimum Gasteiger partial charge on any atom is -0.481 e. The number of aryl methyl sites for hydroxylation is 1. The largest absolute Gasteiger partial charge is 0.481 e. The Bertz CT molecular complexity index is 1190. The molecule has 0 spiro atoms. The first kappa shape index (κ1) is 27.5. The number of hydrogen-bond donors (Lipinski definition) is 0. The summed E-state index contributed by atoms with van der Waals surface area (Å²) in [4.78, 5) is 25.7. The van der Waals surface area contributed by atoms with Crippen molar-refractivity contribution >= 4 is 12.0 Å². The normalized spacial score (nSPS) is 20.3. The van der Waals surface area contributed by atoms with Gasteiger partial charge in [0.25, 0.3) is 0 Å². The highest BCUT2D eigenvalue weighted by Gasteiger charge is 2.44. The van der Waals surface area contributed by atoms with Crippen molar-refractivity contribution in [1.82, 2.24) is 24.6 Å². The van der Waals surface area contributed by atoms with Gasteiger partial charge in [0.05, 0.1) is 30.7 Å². The van der Waals surface area contributed by atoms with E-state index < -0.39 is 6.10 Å². The maximum Gasteiger partial charge on any atom is 0.212 e. The molecule has 0 aliphatic carbocycles. The molecule has 0 aromatic carbocycles. The Morgan fingerprint density at radius 2 is 2.08 bits per heavy atom. The first-order chi connectivity index (χ1) is 18.4. The van der Waals surface area contributed by atoms with E-state index in [1.165, 1.54) is 18.9 Å². The lowest BCUT2D eigenvalue weighted by atomic mass is 9.87. The number of ketones is 1. The second-order valence-electron chi connectivity index (χ2n) is 9.77. The molecule has 2 bridgehead atoms. The fourth-order valence-corrected chi connectivity index (χ4v) is 5.14. The van der Waals surface area contributed by atoms with Crippen LogP contribution < -0.4 is 4.74 Å². The number of fused-ring (bicyclic) bond motifs is 2. The van der Waals surface area contributed by atoms with Gasteiger partial charge in [-0.2, -0.15) is 10.4 Å². The smallest absolute Gasteiger partial charge is 0.212 e. The molecule has 5 rings (SSSR count). The third-order valence-corrected chi connectivity index (χ3v) is 7.06. The summed E-state index contributed by atoms with van der Waals surface area (Å²) in [7, 11) is 1.63. The van der Waals surface area contributed by atoms with Gasteiger partial charge in [-0.05, 0) is 38.3 Å². The van der Waals surface area contributed by atoms with Gasteiger partial charge in [-0.25, -0.2) is 9.98 Å². The number of aliphatic imine (C=N–C) groups is 1. The molecule has 10 nitrogen and oxygen atoms in total. The van der Waals surface area contributed by atoms with Crippen LogP contribution in [0.3, 0.4) is 0 Å². The number of aromatic nitrogens is 3. The molecule has 0 amide bonds. The van der Waals surface area contributed by atoms with Crippen LogP contribution >= 0.6 is 0 Å². The highest BCUT2D eigenvalue weighted by Crippen LogP contribution is 2.35. The molecule has 38 heavy (non-hydrogen) atoms. The molecule has 10 heteroatoms. The van der Waals surface area contributed by atoms with Crippen LogP contribution in [0.4, 0.5) is 0 Å². The first-order valence-electron chi connectivity index (χ1n) is 13.2. The number of nitriles is 1. The van der Waals surface area contributed by atoms with Gasteiger partial charge in [0.15, 0.2) is 5.78 Å². The molecule has 0 N–H and O–H groups in total. The van der Waals surface area contributed by atoms with E-state index in [-0.39, 0.29) is 12.4 Å². The van der Waals surface area contributed by atoms with Crippen molar-refractivity contribution in [2.75, 3.05) is 26.8 Å². The summed E-state index contributed by atoms with van der Waals surface area (Å²) in [6, 6.07) is 7.13. The predicted molar refractivity (Wildman–Crippen MR) is 144 cm³/mol. The number of allylic oxidation sites excluding steroid dienone is 1. The number of carbonyl (C=O) groups excluding carboxylic acids is 1. The number of methoxy groups -OCH3 is 1. The van der Waals surface area contributed by atoms with E-state index in [4.69, 9.17) is 14.5 Å². The van der Waals surface area contributed by atoms with Crippen molar-refractivity contribution in [3.05, 3.63) is 53.2 Å². The van der Waals surface area contributed by atoms with Crippen LogP contribution in [-0.2, 0) is 29.0 Å². The number of hydrogen-bond acceptors (Lipinski definition) is 9. The van der Waals surface area contributed by atoms with Crippen LogP contribution in [-0.4, -0.2) is 81.6 Å². The van der Waals surface area contributed by atoms with Gasteiger partial charge in [0.1, 0.15) is 18.5 Å². The summed E-state index contributed by atoms with van der Waals surface area (Å²) >= 11 is 0. The molecule has 0 saturated carbocycles. The molecule has 2 aromatic rings. The Labute approximate surface area is 224 Å². The minimum atomic E-state index is -0.452. The Hall–Kier alpha value is -3.55. The Morgan fingerprint density at radius 1 is 1.29 bits per heavy atom. The van der Waals surface area contributed by atoms with Crippen LogP contribution in [0.2, 0.25) is 0 Å². The monoisotopic (exact) mass is 519 g/mol. The van der Waals surface area contributed by atoms with Crippen LogP contribution in [0, 0.1) is 11.3 Å². The zero-order chi connectivity index (χ0) is 27.1. The van der Waals surface area contributed by atoms with E-state index in [1.54, 1.807) is 24.2 Å². The minimum absolute atomic E-state index is 0.00526.